The van der Waals surface area contributed by atoms with Crippen molar-refractivity contribution in [1.29, 1.82) is 0 Å². The van der Waals surface area contributed by atoms with Gasteiger partial charge in [0.05, 0.1) is 29.3 Å². The van der Waals surface area contributed by atoms with Crippen LogP contribution in [0.2, 0.25) is 0 Å². The van der Waals surface area contributed by atoms with Crippen LogP contribution < -0.4 is 11.1 Å². The lowest BCUT2D eigenvalue weighted by Gasteiger charge is -2.15. The van der Waals surface area contributed by atoms with Crippen molar-refractivity contribution in [3.63, 3.8) is 0 Å². The number of aromatic nitrogens is 3. The first kappa shape index (κ1) is 19.3. The molecule has 3 rings (SSSR count). The topological polar surface area (TPSA) is 128 Å². The number of hydrogen-bond donors (Lipinski definition) is 2. The Labute approximate surface area is 158 Å². The first-order chi connectivity index (χ1) is 13.2. The van der Waals surface area contributed by atoms with Gasteiger partial charge < -0.3 is 11.1 Å². The molecule has 28 heavy (non-hydrogen) atoms. The molecule has 0 aliphatic heterocycles. The number of primary amides is 1. The lowest BCUT2D eigenvalue weighted by atomic mass is 10.0. The van der Waals surface area contributed by atoms with Gasteiger partial charge >= 0.3 is 0 Å². The molecule has 144 valence electrons. The van der Waals surface area contributed by atoms with Gasteiger partial charge in [0, 0.05) is 11.8 Å². The van der Waals surface area contributed by atoms with E-state index >= 15 is 0 Å². The van der Waals surface area contributed by atoms with Gasteiger partial charge in [-0.1, -0.05) is 6.07 Å². The molecule has 3 aromatic rings. The zero-order valence-electron chi connectivity index (χ0n) is 14.3. The predicted molar refractivity (Wildman–Crippen MR) is 96.5 cm³/mol. The molecule has 0 atom stereocenters. The molecule has 0 aliphatic carbocycles. The SMILES string of the molecule is CS(=O)(=O)c1ccc(Nc2c(-c3c(F)cccc3F)cnnc2C(N)=O)cn1. The summed E-state index contributed by atoms with van der Waals surface area (Å²) in [5.41, 5.74) is 4.58. The summed E-state index contributed by atoms with van der Waals surface area (Å²) in [6, 6.07) is 5.90. The van der Waals surface area contributed by atoms with E-state index in [1.54, 1.807) is 0 Å². The third-order valence-corrected chi connectivity index (χ3v) is 4.70. The highest BCUT2D eigenvalue weighted by Crippen LogP contribution is 2.34. The van der Waals surface area contributed by atoms with Crippen molar-refractivity contribution in [2.24, 2.45) is 5.73 Å². The summed E-state index contributed by atoms with van der Waals surface area (Å²) in [5, 5.41) is 9.82. The molecular formula is C17H13F2N5O3S. The van der Waals surface area contributed by atoms with E-state index in [9.17, 15) is 22.0 Å². The summed E-state index contributed by atoms with van der Waals surface area (Å²) < 4.78 is 51.5. The van der Waals surface area contributed by atoms with Gasteiger partial charge in [-0.3, -0.25) is 4.79 Å². The Morgan fingerprint density at radius 1 is 1.11 bits per heavy atom. The van der Waals surface area contributed by atoms with Gasteiger partial charge in [-0.25, -0.2) is 22.2 Å². The zero-order valence-corrected chi connectivity index (χ0v) is 15.2. The number of anilines is 2. The molecule has 2 aromatic heterocycles. The fourth-order valence-corrected chi connectivity index (χ4v) is 3.01. The number of pyridine rings is 1. The number of carbonyl (C=O) groups is 1. The number of carbonyl (C=O) groups excluding carboxylic acids is 1. The lowest BCUT2D eigenvalue weighted by Crippen LogP contribution is -2.17. The van der Waals surface area contributed by atoms with Gasteiger partial charge in [0.1, 0.15) is 11.6 Å². The summed E-state index contributed by atoms with van der Waals surface area (Å²) >= 11 is 0. The smallest absolute Gasteiger partial charge is 0.271 e. The van der Waals surface area contributed by atoms with Gasteiger partial charge in [-0.2, -0.15) is 5.10 Å². The number of nitrogens with one attached hydrogen (secondary N) is 1. The van der Waals surface area contributed by atoms with Crippen molar-refractivity contribution >= 4 is 27.1 Å². The van der Waals surface area contributed by atoms with Crippen LogP contribution in [0.3, 0.4) is 0 Å². The van der Waals surface area contributed by atoms with Crippen LogP contribution in [0.1, 0.15) is 10.5 Å². The van der Waals surface area contributed by atoms with Crippen molar-refractivity contribution in [2.45, 2.75) is 5.03 Å². The second kappa shape index (κ2) is 7.27. The summed E-state index contributed by atoms with van der Waals surface area (Å²) in [6.45, 7) is 0. The van der Waals surface area contributed by atoms with Crippen molar-refractivity contribution in [3.05, 3.63) is 60.1 Å². The molecule has 8 nitrogen and oxygen atoms in total. The van der Waals surface area contributed by atoms with Gasteiger partial charge in [-0.05, 0) is 24.3 Å². The van der Waals surface area contributed by atoms with Gasteiger partial charge in [-0.15, -0.1) is 5.10 Å². The molecule has 2 heterocycles. The minimum atomic E-state index is -3.51. The number of rotatable bonds is 5. The standard InChI is InChI=1S/C17H13F2N5O3S/c1-28(26,27)13-6-5-9(7-21-13)23-15-10(8-22-24-16(15)17(20)25)14-11(18)3-2-4-12(14)19/h2-8H,1H3,(H2,20,25)(H,22,23). The molecule has 1 amide bonds. The van der Waals surface area contributed by atoms with E-state index in [0.717, 1.165) is 24.6 Å². The largest absolute Gasteiger partial charge is 0.364 e. The average molecular weight is 405 g/mol. The Balaban J connectivity index is 2.15. The van der Waals surface area contributed by atoms with E-state index in [0.29, 0.717) is 0 Å². The average Bonchev–Trinajstić information content (AvgIpc) is 2.62. The Morgan fingerprint density at radius 2 is 1.79 bits per heavy atom. The predicted octanol–water partition coefficient (Wildman–Crippen LogP) is 2.06. The molecule has 0 fully saturated rings. The van der Waals surface area contributed by atoms with E-state index in [1.165, 1.54) is 24.4 Å². The van der Waals surface area contributed by atoms with Crippen LogP contribution in [-0.2, 0) is 9.84 Å². The second-order valence-corrected chi connectivity index (χ2v) is 7.69. The summed E-state index contributed by atoms with van der Waals surface area (Å²) in [5.74, 6) is -2.73. The van der Waals surface area contributed by atoms with Crippen LogP contribution in [0.5, 0.6) is 0 Å². The molecule has 0 saturated heterocycles. The van der Waals surface area contributed by atoms with Crippen LogP contribution in [-0.4, -0.2) is 35.8 Å². The zero-order chi connectivity index (χ0) is 20.5. The third-order valence-electron chi connectivity index (χ3n) is 3.70. The number of sulfone groups is 1. The maximum absolute atomic E-state index is 14.3. The lowest BCUT2D eigenvalue weighted by molar-refractivity contribution is 0.0995. The highest BCUT2D eigenvalue weighted by molar-refractivity contribution is 7.90. The van der Waals surface area contributed by atoms with Crippen molar-refractivity contribution in [1.82, 2.24) is 15.2 Å². The molecule has 0 bridgehead atoms. The Kier molecular flexibility index (Phi) is 5.01. The van der Waals surface area contributed by atoms with E-state index < -0.39 is 32.9 Å². The van der Waals surface area contributed by atoms with Crippen LogP contribution in [0, 0.1) is 11.6 Å². The quantitative estimate of drug-likeness (QED) is 0.665. The van der Waals surface area contributed by atoms with Crippen molar-refractivity contribution in [3.8, 4) is 11.1 Å². The minimum Gasteiger partial charge on any atom is -0.364 e. The van der Waals surface area contributed by atoms with E-state index in [-0.39, 0.29) is 27.7 Å². The number of nitrogens with two attached hydrogens (primary N) is 1. The number of halogens is 2. The Morgan fingerprint density at radius 3 is 2.32 bits per heavy atom. The highest BCUT2D eigenvalue weighted by Gasteiger charge is 2.22. The minimum absolute atomic E-state index is 0.0911. The summed E-state index contributed by atoms with van der Waals surface area (Å²) in [7, 11) is -3.51. The van der Waals surface area contributed by atoms with Crippen molar-refractivity contribution in [2.75, 3.05) is 11.6 Å². The molecule has 0 aliphatic rings. The van der Waals surface area contributed by atoms with Crippen LogP contribution >= 0.6 is 0 Å². The first-order valence-corrected chi connectivity index (χ1v) is 9.60. The number of hydrogen-bond acceptors (Lipinski definition) is 7. The Hall–Kier alpha value is -3.47. The van der Waals surface area contributed by atoms with Gasteiger partial charge in [0.15, 0.2) is 20.6 Å². The molecular weight excluding hydrogens is 392 g/mol. The van der Waals surface area contributed by atoms with Crippen molar-refractivity contribution < 1.29 is 22.0 Å². The summed E-state index contributed by atoms with van der Waals surface area (Å²) in [4.78, 5) is 15.6. The number of amides is 1. The molecule has 3 N–H and O–H groups in total. The van der Waals surface area contributed by atoms with E-state index in [4.69, 9.17) is 5.73 Å². The molecule has 11 heteroatoms. The van der Waals surface area contributed by atoms with Crippen LogP contribution in [0.15, 0.2) is 47.8 Å². The highest BCUT2D eigenvalue weighted by atomic mass is 32.2. The molecule has 0 unspecified atom stereocenters. The summed E-state index contributed by atoms with van der Waals surface area (Å²) in [6.07, 6.45) is 3.26. The number of nitrogens with zero attached hydrogens (tertiary/aromatic N) is 3. The maximum atomic E-state index is 14.3. The molecule has 0 radical (unpaired) electrons. The fraction of sp³-hybridized carbons (Fsp3) is 0.0588. The molecule has 1 aromatic carbocycles. The first-order valence-electron chi connectivity index (χ1n) is 7.71. The maximum Gasteiger partial charge on any atom is 0.271 e. The van der Waals surface area contributed by atoms with Gasteiger partial charge in [0.25, 0.3) is 5.91 Å². The Bertz CT molecular complexity index is 1150. The van der Waals surface area contributed by atoms with Crippen LogP contribution in [0.25, 0.3) is 11.1 Å². The third kappa shape index (κ3) is 3.78. The molecule has 0 saturated carbocycles. The monoisotopic (exact) mass is 405 g/mol. The second-order valence-electron chi connectivity index (χ2n) is 5.73. The number of benzene rings is 1. The van der Waals surface area contributed by atoms with Gasteiger partial charge in [0.2, 0.25) is 0 Å². The van der Waals surface area contributed by atoms with Crippen LogP contribution in [0.4, 0.5) is 20.2 Å². The van der Waals surface area contributed by atoms with E-state index in [2.05, 4.69) is 20.5 Å². The molecule has 0 spiro atoms. The van der Waals surface area contributed by atoms with E-state index in [1.807, 2.05) is 0 Å². The fourth-order valence-electron chi connectivity index (χ4n) is 2.45. The normalized spacial score (nSPS) is 11.2.